The molecule has 2 aromatic carbocycles. The number of halogens is 2. The quantitative estimate of drug-likeness (QED) is 0.524. The third-order valence-corrected chi connectivity index (χ3v) is 4.21. The van der Waals surface area contributed by atoms with Crippen molar-refractivity contribution in [2.75, 3.05) is 0 Å². The van der Waals surface area contributed by atoms with Crippen molar-refractivity contribution >= 4 is 41.0 Å². The Balaban J connectivity index is 1.99. The van der Waals surface area contributed by atoms with Gasteiger partial charge in [-0.25, -0.2) is 4.79 Å². The first kappa shape index (κ1) is 15.9. The van der Waals surface area contributed by atoms with Gasteiger partial charge in [0.1, 0.15) is 5.76 Å². The van der Waals surface area contributed by atoms with E-state index < -0.39 is 0 Å². The van der Waals surface area contributed by atoms with E-state index in [1.54, 1.807) is 30.4 Å². The zero-order valence-corrected chi connectivity index (χ0v) is 14.2. The van der Waals surface area contributed by atoms with Crippen molar-refractivity contribution in [2.45, 2.75) is 13.8 Å². The Bertz CT molecular complexity index is 864. The van der Waals surface area contributed by atoms with Gasteiger partial charge in [-0.15, -0.1) is 0 Å². The van der Waals surface area contributed by atoms with Crippen molar-refractivity contribution in [1.82, 2.24) is 0 Å². The molecule has 0 aromatic heterocycles. The number of hydrogen-bond donors (Lipinski definition) is 0. The average Bonchev–Trinajstić information content (AvgIpc) is 2.83. The Morgan fingerprint density at radius 3 is 2.52 bits per heavy atom. The molecule has 0 bridgehead atoms. The smallest absolute Gasteiger partial charge is 0.343 e. The molecule has 0 saturated heterocycles. The molecule has 0 unspecified atom stereocenters. The van der Waals surface area contributed by atoms with Gasteiger partial charge >= 0.3 is 5.97 Å². The van der Waals surface area contributed by atoms with Crippen LogP contribution in [0, 0.1) is 13.8 Å². The average molecular weight is 345 g/mol. The summed E-state index contributed by atoms with van der Waals surface area (Å²) in [4.78, 5) is 12.1. The highest BCUT2D eigenvalue weighted by Gasteiger charge is 2.23. The SMILES string of the molecule is Cc1ccc(C2=C/C(=C\c3ccc(Cl)cc3Cl)C(=O)O2)c(C)c1. The number of carbonyl (C=O) groups excluding carboxylic acids is 1. The Morgan fingerprint density at radius 1 is 1.04 bits per heavy atom. The van der Waals surface area contributed by atoms with Crippen LogP contribution in [-0.2, 0) is 9.53 Å². The second-order valence-corrected chi connectivity index (χ2v) is 6.33. The van der Waals surface area contributed by atoms with Gasteiger partial charge in [0.2, 0.25) is 0 Å². The number of cyclic esters (lactones) is 1. The zero-order valence-electron chi connectivity index (χ0n) is 12.7. The van der Waals surface area contributed by atoms with Gasteiger partial charge in [-0.2, -0.15) is 0 Å². The van der Waals surface area contributed by atoms with Gasteiger partial charge in [0.25, 0.3) is 0 Å². The first-order chi connectivity index (χ1) is 10.9. The molecule has 3 rings (SSSR count). The first-order valence-electron chi connectivity index (χ1n) is 7.12. The van der Waals surface area contributed by atoms with Crippen LogP contribution in [0.5, 0.6) is 0 Å². The van der Waals surface area contributed by atoms with E-state index in [0.717, 1.165) is 16.7 Å². The maximum atomic E-state index is 12.1. The lowest BCUT2D eigenvalue weighted by Gasteiger charge is -2.06. The molecule has 0 saturated carbocycles. The highest BCUT2D eigenvalue weighted by molar-refractivity contribution is 6.35. The molecule has 0 N–H and O–H groups in total. The standard InChI is InChI=1S/C19H14Cl2O2/c1-11-3-6-16(12(2)7-11)18-9-14(19(22)23-18)8-13-4-5-15(20)10-17(13)21/h3-10H,1-2H3/b14-8+. The van der Waals surface area contributed by atoms with Gasteiger partial charge in [-0.1, -0.05) is 53.0 Å². The van der Waals surface area contributed by atoms with Crippen LogP contribution >= 0.6 is 23.2 Å². The molecular formula is C19H14Cl2O2. The van der Waals surface area contributed by atoms with Crippen molar-refractivity contribution in [3.8, 4) is 0 Å². The monoisotopic (exact) mass is 344 g/mol. The maximum Gasteiger partial charge on any atom is 0.343 e. The molecule has 1 heterocycles. The summed E-state index contributed by atoms with van der Waals surface area (Å²) in [6, 6.07) is 11.2. The lowest BCUT2D eigenvalue weighted by Crippen LogP contribution is -1.98. The van der Waals surface area contributed by atoms with E-state index in [4.69, 9.17) is 27.9 Å². The van der Waals surface area contributed by atoms with Gasteiger partial charge < -0.3 is 4.74 Å². The number of ether oxygens (including phenoxy) is 1. The summed E-state index contributed by atoms with van der Waals surface area (Å²) in [6.07, 6.45) is 3.45. The molecule has 0 spiro atoms. The highest BCUT2D eigenvalue weighted by atomic mass is 35.5. The maximum absolute atomic E-state index is 12.1. The minimum absolute atomic E-state index is 0.383. The fourth-order valence-electron chi connectivity index (χ4n) is 2.50. The first-order valence-corrected chi connectivity index (χ1v) is 7.88. The van der Waals surface area contributed by atoms with Crippen LogP contribution in [0.4, 0.5) is 0 Å². The summed E-state index contributed by atoms with van der Waals surface area (Å²) in [5, 5.41) is 1.05. The molecule has 0 aliphatic carbocycles. The number of hydrogen-bond acceptors (Lipinski definition) is 2. The second-order valence-electron chi connectivity index (χ2n) is 5.48. The van der Waals surface area contributed by atoms with Gasteiger partial charge in [0.15, 0.2) is 0 Å². The van der Waals surface area contributed by atoms with E-state index >= 15 is 0 Å². The van der Waals surface area contributed by atoms with Crippen molar-refractivity contribution in [1.29, 1.82) is 0 Å². The van der Waals surface area contributed by atoms with Gasteiger partial charge in [-0.05, 0) is 49.3 Å². The third-order valence-electron chi connectivity index (χ3n) is 3.65. The molecular weight excluding hydrogens is 331 g/mol. The van der Waals surface area contributed by atoms with E-state index in [1.807, 2.05) is 26.0 Å². The summed E-state index contributed by atoms with van der Waals surface area (Å²) in [6.45, 7) is 4.02. The molecule has 2 aromatic rings. The van der Waals surface area contributed by atoms with Crippen LogP contribution in [0.3, 0.4) is 0 Å². The van der Waals surface area contributed by atoms with Crippen molar-refractivity contribution < 1.29 is 9.53 Å². The van der Waals surface area contributed by atoms with Crippen molar-refractivity contribution in [3.63, 3.8) is 0 Å². The third kappa shape index (κ3) is 3.34. The van der Waals surface area contributed by atoms with E-state index in [-0.39, 0.29) is 5.97 Å². The number of rotatable bonds is 2. The molecule has 1 aliphatic rings. The van der Waals surface area contributed by atoms with Crippen LogP contribution in [0.1, 0.15) is 22.3 Å². The topological polar surface area (TPSA) is 26.3 Å². The van der Waals surface area contributed by atoms with E-state index in [1.165, 1.54) is 5.56 Å². The largest absolute Gasteiger partial charge is 0.422 e. The van der Waals surface area contributed by atoms with Crippen LogP contribution in [-0.4, -0.2) is 5.97 Å². The lowest BCUT2D eigenvalue weighted by atomic mass is 10.0. The van der Waals surface area contributed by atoms with Gasteiger partial charge in [0, 0.05) is 15.6 Å². The summed E-state index contributed by atoms with van der Waals surface area (Å²) < 4.78 is 5.40. The van der Waals surface area contributed by atoms with Crippen LogP contribution in [0.25, 0.3) is 11.8 Å². The van der Waals surface area contributed by atoms with Crippen LogP contribution in [0.15, 0.2) is 48.0 Å². The number of esters is 1. The fraction of sp³-hybridized carbons (Fsp3) is 0.105. The van der Waals surface area contributed by atoms with E-state index in [0.29, 0.717) is 21.4 Å². The molecule has 2 nitrogen and oxygen atoms in total. The van der Waals surface area contributed by atoms with Crippen molar-refractivity contribution in [2.24, 2.45) is 0 Å². The summed E-state index contributed by atoms with van der Waals surface area (Å²) in [7, 11) is 0. The van der Waals surface area contributed by atoms with Crippen LogP contribution in [0.2, 0.25) is 10.0 Å². The Morgan fingerprint density at radius 2 is 1.83 bits per heavy atom. The summed E-state index contributed by atoms with van der Waals surface area (Å²) in [5.41, 5.74) is 4.33. The Labute approximate surface area is 145 Å². The molecule has 4 heteroatoms. The Hall–Kier alpha value is -2.03. The molecule has 0 amide bonds. The van der Waals surface area contributed by atoms with Gasteiger partial charge in [0.05, 0.1) is 5.57 Å². The molecule has 23 heavy (non-hydrogen) atoms. The normalized spacial score (nSPS) is 15.7. The van der Waals surface area contributed by atoms with Crippen LogP contribution < -0.4 is 0 Å². The lowest BCUT2D eigenvalue weighted by molar-refractivity contribution is -0.130. The fourth-order valence-corrected chi connectivity index (χ4v) is 2.96. The van der Waals surface area contributed by atoms with E-state index in [2.05, 4.69) is 6.07 Å². The number of carbonyl (C=O) groups is 1. The van der Waals surface area contributed by atoms with Crippen molar-refractivity contribution in [3.05, 3.63) is 80.3 Å². The van der Waals surface area contributed by atoms with Gasteiger partial charge in [-0.3, -0.25) is 0 Å². The minimum atomic E-state index is -0.383. The second kappa shape index (κ2) is 6.23. The summed E-state index contributed by atoms with van der Waals surface area (Å²) >= 11 is 12.0. The predicted molar refractivity (Wildman–Crippen MR) is 94.4 cm³/mol. The molecule has 0 radical (unpaired) electrons. The molecule has 116 valence electrons. The molecule has 0 atom stereocenters. The number of aryl methyl sites for hydroxylation is 2. The highest BCUT2D eigenvalue weighted by Crippen LogP contribution is 2.31. The molecule has 1 aliphatic heterocycles. The molecule has 0 fully saturated rings. The summed E-state index contributed by atoms with van der Waals surface area (Å²) in [5.74, 6) is 0.176. The minimum Gasteiger partial charge on any atom is -0.422 e. The van der Waals surface area contributed by atoms with E-state index in [9.17, 15) is 4.79 Å². The Kier molecular flexibility index (Phi) is 4.29. The predicted octanol–water partition coefficient (Wildman–Crippen LogP) is 5.59. The zero-order chi connectivity index (χ0) is 16.6. The number of benzene rings is 2.